The summed E-state index contributed by atoms with van der Waals surface area (Å²) in [6.07, 6.45) is 0. The number of sulfonamides is 1. The van der Waals surface area contributed by atoms with Crippen LogP contribution in [0.25, 0.3) is 0 Å². The van der Waals surface area contributed by atoms with Gasteiger partial charge in [0.2, 0.25) is 22.7 Å². The monoisotopic (exact) mass is 489 g/mol. The van der Waals surface area contributed by atoms with E-state index in [-0.39, 0.29) is 30.7 Å². The molecule has 2 aliphatic heterocycles. The molecule has 4 rings (SSSR count). The molecule has 2 heterocycles. The van der Waals surface area contributed by atoms with Gasteiger partial charge >= 0.3 is 0 Å². The summed E-state index contributed by atoms with van der Waals surface area (Å²) in [6, 6.07) is 10.7. The van der Waals surface area contributed by atoms with Gasteiger partial charge in [0, 0.05) is 39.3 Å². The Bertz CT molecular complexity index is 1150. The molecule has 1 amide bonds. The maximum atomic E-state index is 13.2. The fourth-order valence-corrected chi connectivity index (χ4v) is 5.72. The molecule has 0 unspecified atom stereocenters. The summed E-state index contributed by atoms with van der Waals surface area (Å²) in [7, 11) is -2.25. The van der Waals surface area contributed by atoms with Gasteiger partial charge in [-0.2, -0.15) is 4.31 Å². The Morgan fingerprint density at radius 1 is 1.06 bits per heavy atom. The highest BCUT2D eigenvalue weighted by molar-refractivity contribution is 7.89. The van der Waals surface area contributed by atoms with Crippen LogP contribution in [0.2, 0.25) is 0 Å². The van der Waals surface area contributed by atoms with Crippen molar-refractivity contribution in [2.75, 3.05) is 53.2 Å². The quantitative estimate of drug-likeness (QED) is 0.561. The number of fused-ring (bicyclic) bond motifs is 1. The molecule has 0 radical (unpaired) electrons. The van der Waals surface area contributed by atoms with E-state index in [0.717, 1.165) is 42.3 Å². The average Bonchev–Trinajstić information content (AvgIpc) is 3.30. The second-order valence-electron chi connectivity index (χ2n) is 8.41. The van der Waals surface area contributed by atoms with Gasteiger partial charge in [0.1, 0.15) is 5.75 Å². The smallest absolute Gasteiger partial charge is 0.243 e. The lowest BCUT2D eigenvalue weighted by Gasteiger charge is -2.35. The number of amides is 1. The number of methoxy groups -OCH3 is 1. The fraction of sp³-hybridized carbons (Fsp3) is 0.458. The van der Waals surface area contributed by atoms with Gasteiger partial charge in [-0.1, -0.05) is 13.0 Å². The zero-order valence-corrected chi connectivity index (χ0v) is 20.6. The van der Waals surface area contributed by atoms with Crippen molar-refractivity contribution in [1.82, 2.24) is 14.1 Å². The Hall–Kier alpha value is -2.82. The van der Waals surface area contributed by atoms with Crippen molar-refractivity contribution >= 4 is 15.9 Å². The number of carbonyl (C=O) groups excluding carboxylic acids is 1. The first-order valence-corrected chi connectivity index (χ1v) is 12.8. The molecule has 0 saturated carbocycles. The minimum absolute atomic E-state index is 0.161. The van der Waals surface area contributed by atoms with Gasteiger partial charge in [-0.25, -0.2) is 8.42 Å². The summed E-state index contributed by atoms with van der Waals surface area (Å²) in [4.78, 5) is 17.1. The summed E-state index contributed by atoms with van der Waals surface area (Å²) < 4.78 is 43.6. The number of hydrogen-bond acceptors (Lipinski definition) is 7. The molecule has 0 aromatic heterocycles. The lowest BCUT2D eigenvalue weighted by atomic mass is 10.1. The van der Waals surface area contributed by atoms with Crippen molar-refractivity contribution in [3.05, 3.63) is 47.5 Å². The maximum absolute atomic E-state index is 13.2. The van der Waals surface area contributed by atoms with E-state index >= 15 is 0 Å². The number of nitrogens with zero attached hydrogens (tertiary/aromatic N) is 3. The van der Waals surface area contributed by atoms with Crippen LogP contribution >= 0.6 is 0 Å². The lowest BCUT2D eigenvalue weighted by molar-refractivity contribution is -0.133. The third-order valence-electron chi connectivity index (χ3n) is 6.24. The first kappa shape index (κ1) is 24.3. The highest BCUT2D eigenvalue weighted by atomic mass is 32.2. The first-order valence-electron chi connectivity index (χ1n) is 11.3. The minimum Gasteiger partial charge on any atom is -0.496 e. The summed E-state index contributed by atoms with van der Waals surface area (Å²) in [6.45, 7) is 7.13. The van der Waals surface area contributed by atoms with E-state index in [1.165, 1.54) is 10.4 Å². The van der Waals surface area contributed by atoms with Gasteiger partial charge in [-0.15, -0.1) is 0 Å². The molecule has 0 bridgehead atoms. The second kappa shape index (κ2) is 10.2. The van der Waals surface area contributed by atoms with Gasteiger partial charge in [0.25, 0.3) is 0 Å². The Morgan fingerprint density at radius 3 is 2.47 bits per heavy atom. The molecule has 0 spiro atoms. The summed E-state index contributed by atoms with van der Waals surface area (Å²) >= 11 is 0. The van der Waals surface area contributed by atoms with Crippen LogP contribution in [0.4, 0.5) is 0 Å². The number of piperazine rings is 1. The number of likely N-dealkylation sites (N-methyl/N-ethyl adjacent to an activating group) is 1. The number of carbonyl (C=O) groups is 1. The molecule has 0 atom stereocenters. The van der Waals surface area contributed by atoms with Crippen molar-refractivity contribution in [3.63, 3.8) is 0 Å². The number of aryl methyl sites for hydroxylation is 1. The Balaban J connectivity index is 1.33. The molecule has 184 valence electrons. The van der Waals surface area contributed by atoms with E-state index < -0.39 is 10.0 Å². The summed E-state index contributed by atoms with van der Waals surface area (Å²) in [5.41, 5.74) is 1.85. The molecular weight excluding hydrogens is 458 g/mol. The van der Waals surface area contributed by atoms with E-state index in [2.05, 4.69) is 4.90 Å². The molecule has 0 aliphatic carbocycles. The number of benzene rings is 2. The SMILES string of the molecule is CCN(CC(=O)N1CCN(Cc2ccc3c(c2)OCO3)CC1)S(=O)(=O)c1ccc(OC)c(C)c1. The maximum Gasteiger partial charge on any atom is 0.243 e. The van der Waals surface area contributed by atoms with Gasteiger partial charge in [0.15, 0.2) is 11.5 Å². The predicted octanol–water partition coefficient (Wildman–Crippen LogP) is 2.09. The molecule has 34 heavy (non-hydrogen) atoms. The van der Waals surface area contributed by atoms with Crippen LogP contribution in [-0.2, 0) is 21.4 Å². The van der Waals surface area contributed by atoms with Crippen LogP contribution in [0.1, 0.15) is 18.1 Å². The van der Waals surface area contributed by atoms with Crippen LogP contribution in [0.15, 0.2) is 41.3 Å². The Morgan fingerprint density at radius 2 is 1.79 bits per heavy atom. The van der Waals surface area contributed by atoms with Crippen molar-refractivity contribution in [2.24, 2.45) is 0 Å². The topological polar surface area (TPSA) is 88.6 Å². The minimum atomic E-state index is -3.79. The van der Waals surface area contributed by atoms with Gasteiger partial charge in [0.05, 0.1) is 18.6 Å². The normalized spacial score (nSPS) is 16.2. The van der Waals surface area contributed by atoms with Crippen LogP contribution in [0.3, 0.4) is 0 Å². The van der Waals surface area contributed by atoms with Crippen molar-refractivity contribution < 1.29 is 27.4 Å². The lowest BCUT2D eigenvalue weighted by Crippen LogP contribution is -2.51. The van der Waals surface area contributed by atoms with E-state index in [0.29, 0.717) is 18.8 Å². The van der Waals surface area contributed by atoms with Gasteiger partial charge in [-0.3, -0.25) is 9.69 Å². The highest BCUT2D eigenvalue weighted by Gasteiger charge is 2.29. The fourth-order valence-electron chi connectivity index (χ4n) is 4.23. The molecule has 1 saturated heterocycles. The average molecular weight is 490 g/mol. The molecule has 2 aromatic carbocycles. The van der Waals surface area contributed by atoms with E-state index in [9.17, 15) is 13.2 Å². The van der Waals surface area contributed by atoms with Crippen LogP contribution in [0, 0.1) is 6.92 Å². The molecule has 0 N–H and O–H groups in total. The van der Waals surface area contributed by atoms with E-state index in [1.54, 1.807) is 38.0 Å². The van der Waals surface area contributed by atoms with Crippen molar-refractivity contribution in [2.45, 2.75) is 25.3 Å². The Kier molecular flexibility index (Phi) is 7.30. The van der Waals surface area contributed by atoms with Crippen LogP contribution < -0.4 is 14.2 Å². The largest absolute Gasteiger partial charge is 0.496 e. The number of rotatable bonds is 8. The standard InChI is InChI=1S/C24H31N3O6S/c1-4-27(34(29,30)20-6-8-21(31-3)18(2)13-20)16-24(28)26-11-9-25(10-12-26)15-19-5-7-22-23(14-19)33-17-32-22/h5-8,13-14H,4,9-12,15-17H2,1-3H3. The first-order chi connectivity index (χ1) is 16.3. The third kappa shape index (κ3) is 5.13. The molecule has 2 aromatic rings. The zero-order valence-electron chi connectivity index (χ0n) is 19.8. The molecule has 9 nitrogen and oxygen atoms in total. The highest BCUT2D eigenvalue weighted by Crippen LogP contribution is 2.33. The van der Waals surface area contributed by atoms with Gasteiger partial charge in [-0.05, 0) is 48.4 Å². The van der Waals surface area contributed by atoms with Crippen LogP contribution in [-0.4, -0.2) is 81.6 Å². The summed E-state index contributed by atoms with van der Waals surface area (Å²) in [5, 5.41) is 0. The van der Waals surface area contributed by atoms with Crippen molar-refractivity contribution in [3.8, 4) is 17.2 Å². The zero-order chi connectivity index (χ0) is 24.3. The molecule has 10 heteroatoms. The second-order valence-corrected chi connectivity index (χ2v) is 10.3. The molecule has 2 aliphatic rings. The van der Waals surface area contributed by atoms with E-state index in [4.69, 9.17) is 14.2 Å². The van der Waals surface area contributed by atoms with E-state index in [1.807, 2.05) is 18.2 Å². The summed E-state index contributed by atoms with van der Waals surface area (Å²) in [5.74, 6) is 1.97. The number of hydrogen-bond donors (Lipinski definition) is 0. The molecular formula is C24H31N3O6S. The number of ether oxygens (including phenoxy) is 3. The van der Waals surface area contributed by atoms with Crippen LogP contribution in [0.5, 0.6) is 17.2 Å². The Labute approximate surface area is 200 Å². The molecule has 1 fully saturated rings. The van der Waals surface area contributed by atoms with Gasteiger partial charge < -0.3 is 19.1 Å². The predicted molar refractivity (Wildman–Crippen MR) is 127 cm³/mol. The van der Waals surface area contributed by atoms with Crippen molar-refractivity contribution in [1.29, 1.82) is 0 Å². The third-order valence-corrected chi connectivity index (χ3v) is 8.15.